The number of likely N-dealkylation sites (tertiary alicyclic amines) is 1. The Morgan fingerprint density at radius 3 is 2.35 bits per heavy atom. The Kier molecular flexibility index (Phi) is 4.48. The molecule has 1 fully saturated rings. The van der Waals surface area contributed by atoms with E-state index >= 15 is 0 Å². The van der Waals surface area contributed by atoms with E-state index in [2.05, 4.69) is 20.8 Å². The smallest absolute Gasteiger partial charge is 0.226 e. The van der Waals surface area contributed by atoms with E-state index in [1.165, 1.54) is 0 Å². The fraction of sp³-hybridized carbons (Fsp3) is 0.588. The molecule has 1 aromatic rings. The molecule has 2 N–H and O–H groups in total. The second-order valence-electron chi connectivity index (χ2n) is 6.89. The first-order valence-corrected chi connectivity index (χ1v) is 7.46. The van der Waals surface area contributed by atoms with E-state index in [1.807, 2.05) is 29.2 Å². The molecule has 1 atom stereocenters. The molecule has 2 rings (SSSR count). The summed E-state index contributed by atoms with van der Waals surface area (Å²) >= 11 is 0. The van der Waals surface area contributed by atoms with Crippen LogP contribution >= 0.6 is 0 Å². The van der Waals surface area contributed by atoms with E-state index in [0.29, 0.717) is 18.9 Å². The van der Waals surface area contributed by atoms with Crippen LogP contribution in [0.2, 0.25) is 0 Å². The predicted molar refractivity (Wildman–Crippen MR) is 82.2 cm³/mol. The Hall–Kier alpha value is -1.35. The fourth-order valence-corrected chi connectivity index (χ4v) is 2.77. The van der Waals surface area contributed by atoms with E-state index < -0.39 is 0 Å². The summed E-state index contributed by atoms with van der Waals surface area (Å²) in [5, 5.41) is 0. The second kappa shape index (κ2) is 5.96. The summed E-state index contributed by atoms with van der Waals surface area (Å²) in [4.78, 5) is 14.4. The molecular formula is C17H26N2O. The fourth-order valence-electron chi connectivity index (χ4n) is 2.77. The predicted octanol–water partition coefficient (Wildman–Crippen LogP) is 2.58. The molecule has 0 aromatic heterocycles. The normalized spacial score (nSPS) is 19.4. The zero-order valence-electron chi connectivity index (χ0n) is 12.9. The highest BCUT2D eigenvalue weighted by Gasteiger charge is 2.33. The molecule has 1 heterocycles. The van der Waals surface area contributed by atoms with Crippen LogP contribution in [0.5, 0.6) is 0 Å². The van der Waals surface area contributed by atoms with Crippen molar-refractivity contribution < 1.29 is 4.79 Å². The van der Waals surface area contributed by atoms with Crippen LogP contribution in [0.4, 0.5) is 0 Å². The first-order chi connectivity index (χ1) is 9.40. The van der Waals surface area contributed by atoms with Crippen LogP contribution in [0, 0.1) is 11.3 Å². The number of carbonyl (C=O) groups excluding carboxylic acids is 1. The van der Waals surface area contributed by atoms with E-state index in [-0.39, 0.29) is 11.3 Å². The summed E-state index contributed by atoms with van der Waals surface area (Å²) in [5.41, 5.74) is 8.05. The van der Waals surface area contributed by atoms with Gasteiger partial charge in [-0.25, -0.2) is 0 Å². The van der Waals surface area contributed by atoms with Crippen molar-refractivity contribution >= 4 is 5.91 Å². The van der Waals surface area contributed by atoms with Crippen molar-refractivity contribution in [1.29, 1.82) is 0 Å². The molecule has 1 aromatic carbocycles. The van der Waals surface area contributed by atoms with Gasteiger partial charge in [-0.2, -0.15) is 0 Å². The van der Waals surface area contributed by atoms with Gasteiger partial charge in [0.2, 0.25) is 5.91 Å². The Morgan fingerprint density at radius 1 is 1.25 bits per heavy atom. The van der Waals surface area contributed by atoms with Crippen LogP contribution in [-0.2, 0) is 17.8 Å². The SMILES string of the molecule is CC(C)(C)C1CCN(C(=O)Cc2ccc(CN)cc2)C1. The molecule has 1 amide bonds. The average molecular weight is 274 g/mol. The highest BCUT2D eigenvalue weighted by molar-refractivity contribution is 5.79. The summed E-state index contributed by atoms with van der Waals surface area (Å²) in [6.07, 6.45) is 1.63. The summed E-state index contributed by atoms with van der Waals surface area (Å²) < 4.78 is 0. The van der Waals surface area contributed by atoms with Crippen molar-refractivity contribution in [2.75, 3.05) is 13.1 Å². The highest BCUT2D eigenvalue weighted by Crippen LogP contribution is 2.33. The van der Waals surface area contributed by atoms with Gasteiger partial charge in [0.05, 0.1) is 6.42 Å². The van der Waals surface area contributed by atoms with Crippen LogP contribution < -0.4 is 5.73 Å². The van der Waals surface area contributed by atoms with Crippen molar-refractivity contribution in [3.63, 3.8) is 0 Å². The molecule has 1 unspecified atom stereocenters. The van der Waals surface area contributed by atoms with Gasteiger partial charge in [-0.3, -0.25) is 4.79 Å². The number of hydrogen-bond acceptors (Lipinski definition) is 2. The van der Waals surface area contributed by atoms with Crippen molar-refractivity contribution in [1.82, 2.24) is 4.90 Å². The monoisotopic (exact) mass is 274 g/mol. The minimum absolute atomic E-state index is 0.247. The summed E-state index contributed by atoms with van der Waals surface area (Å²) in [6, 6.07) is 8.03. The molecule has 0 radical (unpaired) electrons. The van der Waals surface area contributed by atoms with Crippen molar-refractivity contribution in [2.24, 2.45) is 17.1 Å². The molecule has 0 aliphatic carbocycles. The van der Waals surface area contributed by atoms with Gasteiger partial charge in [0.1, 0.15) is 0 Å². The lowest BCUT2D eigenvalue weighted by molar-refractivity contribution is -0.129. The number of amides is 1. The molecule has 1 aliphatic heterocycles. The van der Waals surface area contributed by atoms with Gasteiger partial charge in [-0.1, -0.05) is 45.0 Å². The maximum Gasteiger partial charge on any atom is 0.226 e. The van der Waals surface area contributed by atoms with Crippen LogP contribution in [0.1, 0.15) is 38.3 Å². The van der Waals surface area contributed by atoms with Gasteiger partial charge in [0, 0.05) is 19.6 Å². The zero-order valence-corrected chi connectivity index (χ0v) is 12.9. The summed E-state index contributed by atoms with van der Waals surface area (Å²) in [6.45, 7) is 9.14. The molecular weight excluding hydrogens is 248 g/mol. The lowest BCUT2D eigenvalue weighted by atomic mass is 9.80. The second-order valence-corrected chi connectivity index (χ2v) is 6.89. The molecule has 20 heavy (non-hydrogen) atoms. The Bertz CT molecular complexity index is 459. The molecule has 0 spiro atoms. The zero-order chi connectivity index (χ0) is 14.8. The number of rotatable bonds is 3. The van der Waals surface area contributed by atoms with Crippen LogP contribution in [0.15, 0.2) is 24.3 Å². The third kappa shape index (κ3) is 3.60. The molecule has 0 bridgehead atoms. The van der Waals surface area contributed by atoms with Crippen molar-refractivity contribution in [2.45, 2.75) is 40.2 Å². The summed E-state index contributed by atoms with van der Waals surface area (Å²) in [7, 11) is 0. The average Bonchev–Trinajstić information content (AvgIpc) is 2.89. The van der Waals surface area contributed by atoms with Gasteiger partial charge >= 0.3 is 0 Å². The van der Waals surface area contributed by atoms with Gasteiger partial charge in [0.25, 0.3) is 0 Å². The molecule has 110 valence electrons. The van der Waals surface area contributed by atoms with Crippen LogP contribution in [0.25, 0.3) is 0 Å². The minimum Gasteiger partial charge on any atom is -0.342 e. The summed E-state index contributed by atoms with van der Waals surface area (Å²) in [5.74, 6) is 0.864. The Labute approximate surface area is 122 Å². The van der Waals surface area contributed by atoms with E-state index in [1.54, 1.807) is 0 Å². The third-order valence-electron chi connectivity index (χ3n) is 4.38. The van der Waals surface area contributed by atoms with Gasteiger partial charge < -0.3 is 10.6 Å². The molecule has 3 heteroatoms. The first kappa shape index (κ1) is 15.0. The molecule has 1 saturated heterocycles. The van der Waals surface area contributed by atoms with Crippen LogP contribution in [-0.4, -0.2) is 23.9 Å². The lowest BCUT2D eigenvalue weighted by Gasteiger charge is -2.27. The highest BCUT2D eigenvalue weighted by atomic mass is 16.2. The quantitative estimate of drug-likeness (QED) is 0.921. The lowest BCUT2D eigenvalue weighted by Crippen LogP contribution is -2.32. The Balaban J connectivity index is 1.92. The van der Waals surface area contributed by atoms with Gasteiger partial charge in [-0.05, 0) is 28.9 Å². The number of nitrogens with zero attached hydrogens (tertiary/aromatic N) is 1. The van der Waals surface area contributed by atoms with Crippen LogP contribution in [0.3, 0.4) is 0 Å². The molecule has 1 aliphatic rings. The standard InChI is InChI=1S/C17H26N2O/c1-17(2,3)15-8-9-19(12-15)16(20)10-13-4-6-14(11-18)7-5-13/h4-7,15H,8-12,18H2,1-3H3. The first-order valence-electron chi connectivity index (χ1n) is 7.46. The maximum absolute atomic E-state index is 12.3. The van der Waals surface area contributed by atoms with Gasteiger partial charge in [-0.15, -0.1) is 0 Å². The topological polar surface area (TPSA) is 46.3 Å². The Morgan fingerprint density at radius 2 is 1.85 bits per heavy atom. The largest absolute Gasteiger partial charge is 0.342 e. The maximum atomic E-state index is 12.3. The molecule has 3 nitrogen and oxygen atoms in total. The number of carbonyl (C=O) groups is 1. The number of nitrogens with two attached hydrogens (primary N) is 1. The third-order valence-corrected chi connectivity index (χ3v) is 4.38. The van der Waals surface area contributed by atoms with Crippen molar-refractivity contribution in [3.8, 4) is 0 Å². The number of hydrogen-bond donors (Lipinski definition) is 1. The van der Waals surface area contributed by atoms with E-state index in [4.69, 9.17) is 5.73 Å². The van der Waals surface area contributed by atoms with Gasteiger partial charge in [0.15, 0.2) is 0 Å². The van der Waals surface area contributed by atoms with E-state index in [0.717, 1.165) is 30.6 Å². The van der Waals surface area contributed by atoms with Crippen molar-refractivity contribution in [3.05, 3.63) is 35.4 Å². The minimum atomic E-state index is 0.247. The number of benzene rings is 1. The molecule has 0 saturated carbocycles. The van der Waals surface area contributed by atoms with E-state index in [9.17, 15) is 4.79 Å².